The molecule has 2 atom stereocenters. The summed E-state index contributed by atoms with van der Waals surface area (Å²) < 4.78 is 5.25. The van der Waals surface area contributed by atoms with Gasteiger partial charge in [0.05, 0.1) is 5.69 Å². The third-order valence-corrected chi connectivity index (χ3v) is 4.37. The molecular weight excluding hydrogens is 220 g/mol. The maximum atomic E-state index is 5.25. The van der Waals surface area contributed by atoms with E-state index in [1.54, 1.807) is 0 Å². The molecule has 4 heteroatoms. The summed E-state index contributed by atoms with van der Waals surface area (Å²) in [5.41, 5.74) is 2.29. The molecule has 1 N–H and O–H groups in total. The van der Waals surface area contributed by atoms with Gasteiger partial charge in [0.2, 0.25) is 0 Å². The minimum Gasteiger partial charge on any atom is -0.361 e. The molecule has 1 saturated heterocycles. The minimum absolute atomic E-state index is 0.398. The topological polar surface area (TPSA) is 38.1 Å². The number of nitrogens with one attached hydrogen (secondary N) is 1. The average Bonchev–Trinajstić information content (AvgIpc) is 2.87. The number of aromatic nitrogens is 1. The lowest BCUT2D eigenvalue weighted by Crippen LogP contribution is -2.32. The number of rotatable bonds is 4. The summed E-state index contributed by atoms with van der Waals surface area (Å²) in [6.07, 6.45) is 2.37. The van der Waals surface area contributed by atoms with Gasteiger partial charge in [-0.25, -0.2) is 0 Å². The van der Waals surface area contributed by atoms with E-state index in [-0.39, 0.29) is 0 Å². The van der Waals surface area contributed by atoms with Crippen molar-refractivity contribution in [3.63, 3.8) is 0 Å². The van der Waals surface area contributed by atoms with Crippen molar-refractivity contribution in [1.82, 2.24) is 10.5 Å². The third-order valence-electron chi connectivity index (χ3n) is 3.21. The Labute approximate surface area is 101 Å². The Hall–Kier alpha value is -0.480. The van der Waals surface area contributed by atoms with Gasteiger partial charge in [0.1, 0.15) is 5.76 Å². The molecule has 1 aromatic heterocycles. The fourth-order valence-electron chi connectivity index (χ4n) is 2.34. The first kappa shape index (κ1) is 12.0. The van der Waals surface area contributed by atoms with Crippen LogP contribution in [0.2, 0.25) is 0 Å². The molecule has 1 aliphatic heterocycles. The molecule has 0 spiro atoms. The molecule has 2 unspecified atom stereocenters. The third kappa shape index (κ3) is 2.43. The number of nitrogens with zero attached hydrogens (tertiary/aromatic N) is 1. The normalized spacial score (nSPS) is 22.6. The van der Waals surface area contributed by atoms with Crippen molar-refractivity contribution >= 4 is 11.8 Å². The number of thioether (sulfide) groups is 1. The largest absolute Gasteiger partial charge is 0.361 e. The summed E-state index contributed by atoms with van der Waals surface area (Å²) in [6, 6.07) is 1.05. The summed E-state index contributed by atoms with van der Waals surface area (Å²) in [4.78, 5) is 0. The van der Waals surface area contributed by atoms with Gasteiger partial charge < -0.3 is 9.84 Å². The first-order valence-electron chi connectivity index (χ1n) is 5.99. The van der Waals surface area contributed by atoms with Gasteiger partial charge in [0, 0.05) is 23.4 Å². The maximum absolute atomic E-state index is 5.25. The van der Waals surface area contributed by atoms with E-state index in [0.29, 0.717) is 12.1 Å². The highest BCUT2D eigenvalue weighted by molar-refractivity contribution is 7.99. The van der Waals surface area contributed by atoms with E-state index in [1.165, 1.54) is 23.5 Å². The molecule has 1 aliphatic rings. The van der Waals surface area contributed by atoms with E-state index in [0.717, 1.165) is 17.9 Å². The Bertz CT molecular complexity index is 325. The second-order valence-electron chi connectivity index (χ2n) is 4.43. The van der Waals surface area contributed by atoms with Gasteiger partial charge >= 0.3 is 0 Å². The molecule has 1 fully saturated rings. The van der Waals surface area contributed by atoms with Crippen LogP contribution in [0, 0.1) is 13.8 Å². The molecule has 1 aromatic rings. The van der Waals surface area contributed by atoms with Crippen LogP contribution in [-0.4, -0.2) is 22.7 Å². The SMILES string of the molecule is CCC(NC1CCSC1)c1c(C)noc1C. The fraction of sp³-hybridized carbons (Fsp3) is 0.750. The van der Waals surface area contributed by atoms with Crippen LogP contribution in [0.1, 0.15) is 42.8 Å². The van der Waals surface area contributed by atoms with Crippen molar-refractivity contribution in [2.24, 2.45) is 0 Å². The summed E-state index contributed by atoms with van der Waals surface area (Å²) in [5.74, 6) is 3.48. The lowest BCUT2D eigenvalue weighted by atomic mass is 10.0. The Morgan fingerprint density at radius 1 is 1.56 bits per heavy atom. The van der Waals surface area contributed by atoms with Gasteiger partial charge in [-0.05, 0) is 32.4 Å². The van der Waals surface area contributed by atoms with Crippen LogP contribution in [0.25, 0.3) is 0 Å². The van der Waals surface area contributed by atoms with Crippen molar-refractivity contribution in [1.29, 1.82) is 0 Å². The average molecular weight is 240 g/mol. The molecule has 0 bridgehead atoms. The predicted octanol–water partition coefficient (Wildman–Crippen LogP) is 2.84. The molecular formula is C12H20N2OS. The van der Waals surface area contributed by atoms with Crippen LogP contribution in [0.15, 0.2) is 4.52 Å². The lowest BCUT2D eigenvalue weighted by Gasteiger charge is -2.21. The van der Waals surface area contributed by atoms with Gasteiger partial charge in [0.15, 0.2) is 0 Å². The van der Waals surface area contributed by atoms with Crippen LogP contribution in [0.3, 0.4) is 0 Å². The second-order valence-corrected chi connectivity index (χ2v) is 5.58. The number of hydrogen-bond acceptors (Lipinski definition) is 4. The highest BCUT2D eigenvalue weighted by atomic mass is 32.2. The first-order valence-corrected chi connectivity index (χ1v) is 7.14. The van der Waals surface area contributed by atoms with E-state index in [4.69, 9.17) is 4.52 Å². The van der Waals surface area contributed by atoms with Crippen molar-refractivity contribution in [3.8, 4) is 0 Å². The highest BCUT2D eigenvalue weighted by Gasteiger charge is 2.23. The van der Waals surface area contributed by atoms with Crippen LogP contribution in [0.4, 0.5) is 0 Å². The zero-order valence-corrected chi connectivity index (χ0v) is 11.1. The van der Waals surface area contributed by atoms with Crippen LogP contribution < -0.4 is 5.32 Å². The molecule has 16 heavy (non-hydrogen) atoms. The monoisotopic (exact) mass is 240 g/mol. The smallest absolute Gasteiger partial charge is 0.138 e. The molecule has 0 aromatic carbocycles. The van der Waals surface area contributed by atoms with Gasteiger partial charge in [-0.15, -0.1) is 0 Å². The van der Waals surface area contributed by atoms with E-state index < -0.39 is 0 Å². The number of aryl methyl sites for hydroxylation is 2. The van der Waals surface area contributed by atoms with E-state index in [1.807, 2.05) is 25.6 Å². The Morgan fingerprint density at radius 3 is 2.88 bits per heavy atom. The van der Waals surface area contributed by atoms with Crippen molar-refractivity contribution in [2.45, 2.75) is 45.7 Å². The van der Waals surface area contributed by atoms with Crippen LogP contribution in [-0.2, 0) is 0 Å². The standard InChI is InChI=1S/C12H20N2OS/c1-4-11(13-10-5-6-16-7-10)12-8(2)14-15-9(12)3/h10-11,13H,4-7H2,1-3H3. The molecule has 0 amide bonds. The van der Waals surface area contributed by atoms with Crippen LogP contribution in [0.5, 0.6) is 0 Å². The molecule has 2 rings (SSSR count). The van der Waals surface area contributed by atoms with E-state index in [2.05, 4.69) is 17.4 Å². The van der Waals surface area contributed by atoms with Gasteiger partial charge in [-0.2, -0.15) is 11.8 Å². The Morgan fingerprint density at radius 2 is 2.38 bits per heavy atom. The van der Waals surface area contributed by atoms with E-state index in [9.17, 15) is 0 Å². The van der Waals surface area contributed by atoms with Gasteiger partial charge in [-0.1, -0.05) is 12.1 Å². The molecule has 3 nitrogen and oxygen atoms in total. The van der Waals surface area contributed by atoms with Crippen molar-refractivity contribution in [3.05, 3.63) is 17.0 Å². The van der Waals surface area contributed by atoms with Crippen LogP contribution >= 0.6 is 11.8 Å². The van der Waals surface area contributed by atoms with Crippen molar-refractivity contribution in [2.75, 3.05) is 11.5 Å². The zero-order valence-electron chi connectivity index (χ0n) is 10.2. The molecule has 90 valence electrons. The molecule has 0 saturated carbocycles. The lowest BCUT2D eigenvalue weighted by molar-refractivity contribution is 0.387. The summed E-state index contributed by atoms with van der Waals surface area (Å²) in [5, 5.41) is 7.77. The van der Waals surface area contributed by atoms with Crippen molar-refractivity contribution < 1.29 is 4.52 Å². The fourth-order valence-corrected chi connectivity index (χ4v) is 3.51. The zero-order chi connectivity index (χ0) is 11.5. The molecule has 2 heterocycles. The predicted molar refractivity (Wildman–Crippen MR) is 67.9 cm³/mol. The van der Waals surface area contributed by atoms with Gasteiger partial charge in [0.25, 0.3) is 0 Å². The summed E-state index contributed by atoms with van der Waals surface area (Å²) >= 11 is 2.04. The quantitative estimate of drug-likeness (QED) is 0.878. The highest BCUT2D eigenvalue weighted by Crippen LogP contribution is 2.27. The van der Waals surface area contributed by atoms with Gasteiger partial charge in [-0.3, -0.25) is 0 Å². The minimum atomic E-state index is 0.398. The Balaban J connectivity index is 2.09. The maximum Gasteiger partial charge on any atom is 0.138 e. The summed E-state index contributed by atoms with van der Waals surface area (Å²) in [7, 11) is 0. The number of hydrogen-bond donors (Lipinski definition) is 1. The van der Waals surface area contributed by atoms with E-state index >= 15 is 0 Å². The summed E-state index contributed by atoms with van der Waals surface area (Å²) in [6.45, 7) is 6.24. The first-order chi connectivity index (χ1) is 7.72. The molecule has 0 radical (unpaired) electrons. The second kappa shape index (κ2) is 5.23. The Kier molecular flexibility index (Phi) is 3.92. The molecule has 0 aliphatic carbocycles.